The van der Waals surface area contributed by atoms with Gasteiger partial charge in [-0.2, -0.15) is 0 Å². The first-order valence-electron chi connectivity index (χ1n) is 8.43. The van der Waals surface area contributed by atoms with Crippen molar-refractivity contribution in [3.8, 4) is 11.6 Å². The number of pyridine rings is 1. The van der Waals surface area contributed by atoms with E-state index in [0.29, 0.717) is 22.9 Å². The molecule has 132 valence electrons. The lowest BCUT2D eigenvalue weighted by molar-refractivity contribution is 0.0950. The summed E-state index contributed by atoms with van der Waals surface area (Å²) in [5, 5.41) is 3.54. The van der Waals surface area contributed by atoms with Gasteiger partial charge in [-0.05, 0) is 54.8 Å². The van der Waals surface area contributed by atoms with Crippen LogP contribution < -0.4 is 10.1 Å². The van der Waals surface area contributed by atoms with E-state index in [2.05, 4.69) is 22.4 Å². The third-order valence-corrected chi connectivity index (χ3v) is 4.07. The van der Waals surface area contributed by atoms with Gasteiger partial charge in [0.25, 0.3) is 5.91 Å². The van der Waals surface area contributed by atoms with Crippen LogP contribution in [0.25, 0.3) is 0 Å². The van der Waals surface area contributed by atoms with Crippen LogP contribution in [0, 0.1) is 0 Å². The fourth-order valence-electron chi connectivity index (χ4n) is 2.49. The maximum atomic E-state index is 12.5. The predicted molar refractivity (Wildman–Crippen MR) is 103 cm³/mol. The second-order valence-corrected chi connectivity index (χ2v) is 6.19. The molecule has 26 heavy (non-hydrogen) atoms. The molecule has 3 aromatic rings. The molecule has 1 N–H and O–H groups in total. The molecule has 4 nitrogen and oxygen atoms in total. The van der Waals surface area contributed by atoms with E-state index in [9.17, 15) is 4.79 Å². The number of carbonyl (C=O) groups excluding carboxylic acids is 1. The second kappa shape index (κ2) is 9.02. The molecule has 1 aromatic heterocycles. The Hall–Kier alpha value is -2.85. The minimum Gasteiger partial charge on any atom is -0.438 e. The van der Waals surface area contributed by atoms with Gasteiger partial charge < -0.3 is 10.1 Å². The Morgan fingerprint density at radius 3 is 2.54 bits per heavy atom. The van der Waals surface area contributed by atoms with Crippen LogP contribution in [0.1, 0.15) is 22.3 Å². The summed E-state index contributed by atoms with van der Waals surface area (Å²) in [5.41, 5.74) is 1.66. The Labute approximate surface area is 157 Å². The summed E-state index contributed by atoms with van der Waals surface area (Å²) in [5.74, 6) is 0.650. The fraction of sp³-hybridized carbons (Fsp3) is 0.143. The van der Waals surface area contributed by atoms with Crippen molar-refractivity contribution in [1.29, 1.82) is 0 Å². The number of rotatable bonds is 7. The zero-order chi connectivity index (χ0) is 18.2. The van der Waals surface area contributed by atoms with Crippen molar-refractivity contribution in [2.45, 2.75) is 12.8 Å². The number of aromatic nitrogens is 1. The van der Waals surface area contributed by atoms with Crippen LogP contribution in [0.3, 0.4) is 0 Å². The van der Waals surface area contributed by atoms with Crippen molar-refractivity contribution in [1.82, 2.24) is 10.3 Å². The molecule has 0 radical (unpaired) electrons. The molecule has 3 rings (SSSR count). The Bertz CT molecular complexity index is 851. The molecule has 1 amide bonds. The first-order chi connectivity index (χ1) is 12.7. The molecule has 0 unspecified atom stereocenters. The van der Waals surface area contributed by atoms with Gasteiger partial charge in [0, 0.05) is 17.8 Å². The average Bonchev–Trinajstić information content (AvgIpc) is 2.68. The maximum absolute atomic E-state index is 12.5. The van der Waals surface area contributed by atoms with Gasteiger partial charge in [-0.1, -0.05) is 41.9 Å². The number of aryl methyl sites for hydroxylation is 1. The Balaban J connectivity index is 1.58. The largest absolute Gasteiger partial charge is 0.438 e. The molecule has 0 aliphatic heterocycles. The SMILES string of the molecule is O=C(NCCCc1ccccc1)c1cccnc1Oc1ccc(Cl)cc1. The lowest BCUT2D eigenvalue weighted by Gasteiger charge is -2.10. The normalized spacial score (nSPS) is 10.3. The Morgan fingerprint density at radius 1 is 1.00 bits per heavy atom. The van der Waals surface area contributed by atoms with Gasteiger partial charge in [0.2, 0.25) is 5.88 Å². The lowest BCUT2D eigenvalue weighted by atomic mass is 10.1. The van der Waals surface area contributed by atoms with Crippen molar-refractivity contribution in [2.24, 2.45) is 0 Å². The number of amides is 1. The van der Waals surface area contributed by atoms with Crippen LogP contribution in [0.15, 0.2) is 72.9 Å². The highest BCUT2D eigenvalue weighted by molar-refractivity contribution is 6.30. The van der Waals surface area contributed by atoms with Crippen LogP contribution in [-0.2, 0) is 6.42 Å². The molecule has 0 saturated carbocycles. The number of nitrogens with zero attached hydrogens (tertiary/aromatic N) is 1. The van der Waals surface area contributed by atoms with Crippen LogP contribution in [-0.4, -0.2) is 17.4 Å². The van der Waals surface area contributed by atoms with E-state index in [1.807, 2.05) is 18.2 Å². The zero-order valence-corrected chi connectivity index (χ0v) is 14.9. The Kier molecular flexibility index (Phi) is 6.23. The molecular weight excluding hydrogens is 348 g/mol. The number of hydrogen-bond donors (Lipinski definition) is 1. The van der Waals surface area contributed by atoms with E-state index in [-0.39, 0.29) is 11.8 Å². The van der Waals surface area contributed by atoms with Crippen molar-refractivity contribution in [3.63, 3.8) is 0 Å². The summed E-state index contributed by atoms with van der Waals surface area (Å²) in [6, 6.07) is 20.5. The molecule has 0 atom stereocenters. The van der Waals surface area contributed by atoms with Gasteiger partial charge in [-0.25, -0.2) is 4.98 Å². The Morgan fingerprint density at radius 2 is 1.77 bits per heavy atom. The molecule has 5 heteroatoms. The fourth-order valence-corrected chi connectivity index (χ4v) is 2.62. The standard InChI is InChI=1S/C21H19ClN2O2/c22-17-10-12-18(13-11-17)26-21-19(9-5-15-24-21)20(25)23-14-4-8-16-6-2-1-3-7-16/h1-3,5-7,9-13,15H,4,8,14H2,(H,23,25). The number of halogens is 1. The third kappa shape index (κ3) is 5.07. The molecule has 0 aliphatic rings. The molecule has 0 spiro atoms. The molecule has 1 heterocycles. The highest BCUT2D eigenvalue weighted by atomic mass is 35.5. The van der Waals surface area contributed by atoms with Crippen molar-refractivity contribution in [2.75, 3.05) is 6.54 Å². The molecule has 0 fully saturated rings. The number of hydrogen-bond acceptors (Lipinski definition) is 3. The summed E-state index contributed by atoms with van der Waals surface area (Å²) in [6.07, 6.45) is 3.38. The lowest BCUT2D eigenvalue weighted by Crippen LogP contribution is -2.25. The van der Waals surface area contributed by atoms with Crippen LogP contribution in [0.2, 0.25) is 5.02 Å². The highest BCUT2D eigenvalue weighted by Gasteiger charge is 2.13. The van der Waals surface area contributed by atoms with Crippen LogP contribution >= 0.6 is 11.6 Å². The van der Waals surface area contributed by atoms with Crippen LogP contribution in [0.4, 0.5) is 0 Å². The van der Waals surface area contributed by atoms with E-state index < -0.39 is 0 Å². The van der Waals surface area contributed by atoms with Crippen LogP contribution in [0.5, 0.6) is 11.6 Å². The van der Waals surface area contributed by atoms with E-state index in [1.54, 1.807) is 42.6 Å². The van der Waals surface area contributed by atoms with Gasteiger partial charge in [-0.3, -0.25) is 4.79 Å². The van der Waals surface area contributed by atoms with E-state index >= 15 is 0 Å². The van der Waals surface area contributed by atoms with Gasteiger partial charge in [0.05, 0.1) is 0 Å². The molecule has 0 aliphatic carbocycles. The van der Waals surface area contributed by atoms with E-state index in [0.717, 1.165) is 12.8 Å². The summed E-state index contributed by atoms with van der Waals surface area (Å²) in [4.78, 5) is 16.6. The number of ether oxygens (including phenoxy) is 1. The molecule has 2 aromatic carbocycles. The quantitative estimate of drug-likeness (QED) is 0.606. The zero-order valence-electron chi connectivity index (χ0n) is 14.2. The third-order valence-electron chi connectivity index (χ3n) is 3.81. The first-order valence-corrected chi connectivity index (χ1v) is 8.81. The molecule has 0 saturated heterocycles. The van der Waals surface area contributed by atoms with E-state index in [1.165, 1.54) is 5.56 Å². The minimum atomic E-state index is -0.199. The number of carbonyl (C=O) groups is 1. The van der Waals surface area contributed by atoms with Crippen molar-refractivity contribution in [3.05, 3.63) is 89.1 Å². The molecule has 0 bridgehead atoms. The highest BCUT2D eigenvalue weighted by Crippen LogP contribution is 2.24. The summed E-state index contributed by atoms with van der Waals surface area (Å²) >= 11 is 5.88. The smallest absolute Gasteiger partial charge is 0.256 e. The second-order valence-electron chi connectivity index (χ2n) is 5.76. The van der Waals surface area contributed by atoms with Gasteiger partial charge in [0.15, 0.2) is 0 Å². The maximum Gasteiger partial charge on any atom is 0.256 e. The predicted octanol–water partition coefficient (Wildman–Crippen LogP) is 4.89. The summed E-state index contributed by atoms with van der Waals surface area (Å²) in [7, 11) is 0. The average molecular weight is 367 g/mol. The van der Waals surface area contributed by atoms with Crippen molar-refractivity contribution >= 4 is 17.5 Å². The van der Waals surface area contributed by atoms with Crippen molar-refractivity contribution < 1.29 is 9.53 Å². The van der Waals surface area contributed by atoms with Gasteiger partial charge in [-0.15, -0.1) is 0 Å². The topological polar surface area (TPSA) is 51.2 Å². The number of nitrogens with one attached hydrogen (secondary N) is 1. The minimum absolute atomic E-state index is 0.199. The van der Waals surface area contributed by atoms with E-state index in [4.69, 9.17) is 16.3 Å². The van der Waals surface area contributed by atoms with Gasteiger partial charge >= 0.3 is 0 Å². The summed E-state index contributed by atoms with van der Waals surface area (Å²) in [6.45, 7) is 0.586. The van der Waals surface area contributed by atoms with Gasteiger partial charge in [0.1, 0.15) is 11.3 Å². The molecular formula is C21H19ClN2O2. The summed E-state index contributed by atoms with van der Waals surface area (Å²) < 4.78 is 5.73. The number of benzene rings is 2. The monoisotopic (exact) mass is 366 g/mol. The first kappa shape index (κ1) is 18.0.